The number of rotatable bonds is 31. The molecule has 7 unspecified atom stereocenters. The second-order valence-electron chi connectivity index (χ2n) is 13.7. The molecule has 1 heterocycles. The predicted molar refractivity (Wildman–Crippen MR) is 193 cm³/mol. The Bertz CT molecular complexity index is 807. The zero-order valence-electron chi connectivity index (χ0n) is 30.5. The maximum absolute atomic E-state index is 12.8. The number of allylic oxidation sites excluding steroid dienone is 3. The molecule has 1 amide bonds. The first-order valence-corrected chi connectivity index (χ1v) is 19.6. The summed E-state index contributed by atoms with van der Waals surface area (Å²) < 4.78 is 11.1. The molecule has 1 aliphatic heterocycles. The normalized spacial score (nSPS) is 22.9. The minimum absolute atomic E-state index is 0.186. The summed E-state index contributed by atoms with van der Waals surface area (Å²) in [4.78, 5) is 12.8. The molecule has 1 rings (SSSR count). The van der Waals surface area contributed by atoms with Crippen LogP contribution in [0.2, 0.25) is 0 Å². The van der Waals surface area contributed by atoms with Gasteiger partial charge in [0.1, 0.15) is 24.4 Å². The Labute approximate surface area is 292 Å². The van der Waals surface area contributed by atoms with Gasteiger partial charge in [-0.2, -0.15) is 0 Å². The standard InChI is InChI=1S/C39H73NO8/c1-3-5-7-9-11-12-13-14-15-16-17-18-19-20-21-22-23-25-27-29-35(43)40-32(33(42)28-26-24-10-8-6-4-2)31-47-39-38(46)37(45)36(44)34(30-41)48-39/h14-15,26,28,32-34,36-39,41-42,44-46H,3-13,16-25,27,29-31H2,1-2H3,(H,40,43)/b15-14-,28-26+. The van der Waals surface area contributed by atoms with Gasteiger partial charge in [-0.15, -0.1) is 0 Å². The molecule has 1 fully saturated rings. The second-order valence-corrected chi connectivity index (χ2v) is 13.7. The number of hydrogen-bond acceptors (Lipinski definition) is 8. The quantitative estimate of drug-likeness (QED) is 0.0346. The van der Waals surface area contributed by atoms with E-state index in [0.29, 0.717) is 6.42 Å². The van der Waals surface area contributed by atoms with Crippen molar-refractivity contribution in [2.75, 3.05) is 13.2 Å². The zero-order valence-corrected chi connectivity index (χ0v) is 30.5. The van der Waals surface area contributed by atoms with Crippen molar-refractivity contribution < 1.29 is 39.8 Å². The van der Waals surface area contributed by atoms with Gasteiger partial charge in [-0.3, -0.25) is 4.79 Å². The second kappa shape index (κ2) is 30.5. The van der Waals surface area contributed by atoms with Crippen LogP contribution >= 0.6 is 0 Å². The fourth-order valence-corrected chi connectivity index (χ4v) is 6.03. The number of amides is 1. The van der Waals surface area contributed by atoms with Gasteiger partial charge in [0.05, 0.1) is 25.4 Å². The Morgan fingerprint density at radius 3 is 1.71 bits per heavy atom. The Kier molecular flexibility index (Phi) is 28.4. The summed E-state index contributed by atoms with van der Waals surface area (Å²) in [5.74, 6) is -0.186. The third kappa shape index (κ3) is 21.7. The van der Waals surface area contributed by atoms with Crippen LogP contribution < -0.4 is 5.32 Å². The van der Waals surface area contributed by atoms with E-state index >= 15 is 0 Å². The van der Waals surface area contributed by atoms with E-state index in [0.717, 1.165) is 44.9 Å². The summed E-state index contributed by atoms with van der Waals surface area (Å²) in [6, 6.07) is -0.799. The average molecular weight is 684 g/mol. The molecule has 1 aliphatic rings. The van der Waals surface area contributed by atoms with E-state index in [1.165, 1.54) is 96.3 Å². The molecule has 282 valence electrons. The number of hydrogen-bond donors (Lipinski definition) is 6. The molecule has 7 atom stereocenters. The molecule has 0 aliphatic carbocycles. The molecule has 0 spiro atoms. The molecule has 0 radical (unpaired) electrons. The fourth-order valence-electron chi connectivity index (χ4n) is 6.03. The topological polar surface area (TPSA) is 149 Å². The number of aliphatic hydroxyl groups is 5. The first-order valence-electron chi connectivity index (χ1n) is 19.6. The van der Waals surface area contributed by atoms with Crippen molar-refractivity contribution >= 4 is 5.91 Å². The van der Waals surface area contributed by atoms with E-state index in [2.05, 4.69) is 31.3 Å². The molecule has 9 nitrogen and oxygen atoms in total. The van der Waals surface area contributed by atoms with Crippen LogP contribution in [0.5, 0.6) is 0 Å². The molecular formula is C39H73NO8. The third-order valence-electron chi connectivity index (χ3n) is 9.27. The van der Waals surface area contributed by atoms with Gasteiger partial charge >= 0.3 is 0 Å². The molecule has 0 aromatic heterocycles. The molecule has 1 saturated heterocycles. The minimum atomic E-state index is -1.56. The summed E-state index contributed by atoms with van der Waals surface area (Å²) >= 11 is 0. The van der Waals surface area contributed by atoms with E-state index in [1.807, 2.05) is 6.08 Å². The monoisotopic (exact) mass is 684 g/mol. The maximum Gasteiger partial charge on any atom is 0.220 e. The van der Waals surface area contributed by atoms with Crippen LogP contribution in [0.4, 0.5) is 0 Å². The predicted octanol–water partition coefficient (Wildman–Crippen LogP) is 6.77. The highest BCUT2D eigenvalue weighted by Gasteiger charge is 2.44. The molecule has 9 heteroatoms. The molecule has 6 N–H and O–H groups in total. The van der Waals surface area contributed by atoms with Gasteiger partial charge in [-0.05, 0) is 44.9 Å². The lowest BCUT2D eigenvalue weighted by molar-refractivity contribution is -0.302. The highest BCUT2D eigenvalue weighted by molar-refractivity contribution is 5.76. The van der Waals surface area contributed by atoms with Crippen LogP contribution in [0.25, 0.3) is 0 Å². The van der Waals surface area contributed by atoms with Gasteiger partial charge in [-0.1, -0.05) is 134 Å². The molecule has 0 saturated carbocycles. The molecule has 48 heavy (non-hydrogen) atoms. The van der Waals surface area contributed by atoms with Crippen molar-refractivity contribution in [3.05, 3.63) is 24.3 Å². The number of aliphatic hydroxyl groups excluding tert-OH is 5. The van der Waals surface area contributed by atoms with Crippen LogP contribution in [0, 0.1) is 0 Å². The Morgan fingerprint density at radius 2 is 1.17 bits per heavy atom. The SMILES string of the molecule is CCCCCC/C=C/C(O)C(COC1OC(CO)C(O)C(O)C1O)NC(=O)CCCCCCCCCCC/C=C\CCCCCCCC. The van der Waals surface area contributed by atoms with Crippen LogP contribution in [0.3, 0.4) is 0 Å². The van der Waals surface area contributed by atoms with Crippen molar-refractivity contribution in [1.82, 2.24) is 5.32 Å². The minimum Gasteiger partial charge on any atom is -0.394 e. The summed E-state index contributed by atoms with van der Waals surface area (Å²) in [6.07, 6.45) is 26.8. The number of ether oxygens (including phenoxy) is 2. The van der Waals surface area contributed by atoms with Gasteiger partial charge in [-0.25, -0.2) is 0 Å². The van der Waals surface area contributed by atoms with E-state index in [9.17, 15) is 30.3 Å². The summed E-state index contributed by atoms with van der Waals surface area (Å²) in [6.45, 7) is 3.66. The van der Waals surface area contributed by atoms with Crippen molar-refractivity contribution in [2.24, 2.45) is 0 Å². The van der Waals surface area contributed by atoms with Gasteiger partial charge in [0.15, 0.2) is 6.29 Å². The summed E-state index contributed by atoms with van der Waals surface area (Å²) in [7, 11) is 0. The van der Waals surface area contributed by atoms with Crippen molar-refractivity contribution in [3.63, 3.8) is 0 Å². The number of carbonyl (C=O) groups excluding carboxylic acids is 1. The lowest BCUT2D eigenvalue weighted by Crippen LogP contribution is -2.60. The zero-order chi connectivity index (χ0) is 35.2. The van der Waals surface area contributed by atoms with E-state index in [1.54, 1.807) is 6.08 Å². The van der Waals surface area contributed by atoms with E-state index < -0.39 is 49.5 Å². The Hall–Kier alpha value is -1.33. The van der Waals surface area contributed by atoms with Crippen molar-refractivity contribution in [3.8, 4) is 0 Å². The van der Waals surface area contributed by atoms with Crippen molar-refractivity contribution in [2.45, 2.75) is 204 Å². The highest BCUT2D eigenvalue weighted by atomic mass is 16.7. The maximum atomic E-state index is 12.8. The average Bonchev–Trinajstić information content (AvgIpc) is 3.08. The van der Waals surface area contributed by atoms with Crippen LogP contribution in [0.1, 0.15) is 162 Å². The van der Waals surface area contributed by atoms with Crippen LogP contribution in [-0.4, -0.2) is 87.5 Å². The highest BCUT2D eigenvalue weighted by Crippen LogP contribution is 2.22. The van der Waals surface area contributed by atoms with Gasteiger partial charge in [0, 0.05) is 6.42 Å². The Morgan fingerprint density at radius 1 is 0.688 bits per heavy atom. The lowest BCUT2D eigenvalue weighted by Gasteiger charge is -2.40. The van der Waals surface area contributed by atoms with E-state index in [4.69, 9.17) is 9.47 Å². The largest absolute Gasteiger partial charge is 0.394 e. The van der Waals surface area contributed by atoms with E-state index in [-0.39, 0.29) is 12.5 Å². The smallest absolute Gasteiger partial charge is 0.220 e. The Balaban J connectivity index is 2.29. The number of nitrogens with one attached hydrogen (secondary N) is 1. The molecular weight excluding hydrogens is 610 g/mol. The fraction of sp³-hybridized carbons (Fsp3) is 0.872. The van der Waals surface area contributed by atoms with Crippen molar-refractivity contribution in [1.29, 1.82) is 0 Å². The number of carbonyl (C=O) groups is 1. The lowest BCUT2D eigenvalue weighted by atomic mass is 9.99. The molecule has 0 bridgehead atoms. The van der Waals surface area contributed by atoms with Gasteiger partial charge < -0.3 is 40.3 Å². The first-order chi connectivity index (χ1) is 23.3. The summed E-state index contributed by atoms with van der Waals surface area (Å²) in [5.41, 5.74) is 0. The van der Waals surface area contributed by atoms with Gasteiger partial charge in [0.25, 0.3) is 0 Å². The van der Waals surface area contributed by atoms with Crippen LogP contribution in [-0.2, 0) is 14.3 Å². The molecule has 0 aromatic carbocycles. The van der Waals surface area contributed by atoms with Gasteiger partial charge in [0.2, 0.25) is 5.91 Å². The summed E-state index contributed by atoms with van der Waals surface area (Å²) in [5, 5.41) is 53.6. The third-order valence-corrected chi connectivity index (χ3v) is 9.27. The number of unbranched alkanes of at least 4 members (excludes halogenated alkanes) is 19. The van der Waals surface area contributed by atoms with Crippen LogP contribution in [0.15, 0.2) is 24.3 Å². The molecule has 0 aromatic rings. The first kappa shape index (κ1) is 44.7.